The molecule has 0 aliphatic carbocycles. The number of anilines is 2. The summed E-state index contributed by atoms with van der Waals surface area (Å²) >= 11 is 0. The third kappa shape index (κ3) is 3.62. The van der Waals surface area contributed by atoms with Gasteiger partial charge < -0.3 is 10.2 Å². The van der Waals surface area contributed by atoms with Crippen LogP contribution in [-0.2, 0) is 0 Å². The second-order valence-electron chi connectivity index (χ2n) is 6.46. The smallest absolute Gasteiger partial charge is 0.276 e. The molecule has 3 N–H and O–H groups in total. The quantitative estimate of drug-likeness (QED) is 0.789. The Labute approximate surface area is 146 Å². The van der Waals surface area contributed by atoms with Gasteiger partial charge in [0.25, 0.3) is 5.91 Å². The van der Waals surface area contributed by atoms with E-state index in [-0.39, 0.29) is 5.91 Å². The number of hydrazine groups is 1. The van der Waals surface area contributed by atoms with Gasteiger partial charge in [-0.05, 0) is 49.1 Å². The van der Waals surface area contributed by atoms with Crippen molar-refractivity contribution in [3.63, 3.8) is 0 Å². The van der Waals surface area contributed by atoms with Crippen LogP contribution >= 0.6 is 0 Å². The highest BCUT2D eigenvalue weighted by Crippen LogP contribution is 2.21. The Morgan fingerprint density at radius 2 is 1.88 bits per heavy atom. The molecule has 7 heteroatoms. The van der Waals surface area contributed by atoms with Gasteiger partial charge >= 0.3 is 0 Å². The van der Waals surface area contributed by atoms with E-state index in [2.05, 4.69) is 31.3 Å². The summed E-state index contributed by atoms with van der Waals surface area (Å²) in [5, 5.41) is 11.1. The summed E-state index contributed by atoms with van der Waals surface area (Å²) in [4.78, 5) is 14.5. The zero-order chi connectivity index (χ0) is 17.1. The molecule has 2 aromatic rings. The van der Waals surface area contributed by atoms with E-state index in [0.717, 1.165) is 37.6 Å². The van der Waals surface area contributed by atoms with Gasteiger partial charge in [0.15, 0.2) is 11.5 Å². The van der Waals surface area contributed by atoms with Crippen molar-refractivity contribution >= 4 is 17.4 Å². The van der Waals surface area contributed by atoms with Gasteiger partial charge in [0.1, 0.15) is 0 Å². The van der Waals surface area contributed by atoms with E-state index < -0.39 is 0 Å². The molecule has 2 fully saturated rings. The Balaban J connectivity index is 1.39. The van der Waals surface area contributed by atoms with Gasteiger partial charge in [-0.15, -0.1) is 10.2 Å². The maximum atomic E-state index is 12.3. The van der Waals surface area contributed by atoms with Crippen molar-refractivity contribution in [1.82, 2.24) is 21.0 Å². The molecular weight excluding hydrogens is 316 g/mol. The fraction of sp³-hybridized carbons (Fsp3) is 0.389. The van der Waals surface area contributed by atoms with Crippen LogP contribution in [0.1, 0.15) is 41.4 Å². The van der Waals surface area contributed by atoms with Gasteiger partial charge in [-0.1, -0.05) is 12.1 Å². The van der Waals surface area contributed by atoms with E-state index in [0.29, 0.717) is 11.7 Å². The topological polar surface area (TPSA) is 82.2 Å². The Morgan fingerprint density at radius 1 is 1.08 bits per heavy atom. The van der Waals surface area contributed by atoms with Crippen LogP contribution in [0.3, 0.4) is 0 Å². The van der Waals surface area contributed by atoms with E-state index in [1.54, 1.807) is 6.07 Å². The van der Waals surface area contributed by atoms with Crippen LogP contribution in [0.25, 0.3) is 0 Å². The van der Waals surface area contributed by atoms with Crippen LogP contribution < -0.4 is 21.1 Å². The number of carbonyl (C=O) groups excluding carboxylic acids is 1. The fourth-order valence-electron chi connectivity index (χ4n) is 3.29. The summed E-state index contributed by atoms with van der Waals surface area (Å²) in [6.45, 7) is 2.99. The Bertz CT molecular complexity index is 718. The van der Waals surface area contributed by atoms with Gasteiger partial charge in [-0.2, -0.15) is 0 Å². The highest BCUT2D eigenvalue weighted by atomic mass is 16.1. The number of aromatic nitrogens is 2. The van der Waals surface area contributed by atoms with E-state index in [1.807, 2.05) is 30.3 Å². The third-order valence-corrected chi connectivity index (χ3v) is 4.72. The van der Waals surface area contributed by atoms with Crippen molar-refractivity contribution in [3.05, 3.63) is 47.7 Å². The predicted molar refractivity (Wildman–Crippen MR) is 96.4 cm³/mol. The molecule has 4 rings (SSSR count). The minimum atomic E-state index is -0.242. The van der Waals surface area contributed by atoms with Crippen molar-refractivity contribution in [1.29, 1.82) is 0 Å². The van der Waals surface area contributed by atoms with E-state index >= 15 is 0 Å². The molecule has 7 nitrogen and oxygen atoms in total. The van der Waals surface area contributed by atoms with Crippen molar-refractivity contribution in [2.45, 2.75) is 25.3 Å². The largest absolute Gasteiger partial charge is 0.355 e. The number of nitrogens with zero attached hydrogens (tertiary/aromatic N) is 3. The third-order valence-electron chi connectivity index (χ3n) is 4.72. The van der Waals surface area contributed by atoms with Crippen molar-refractivity contribution in [2.75, 3.05) is 29.9 Å². The number of hydrogen-bond donors (Lipinski definition) is 3. The number of carbonyl (C=O) groups is 1. The summed E-state index contributed by atoms with van der Waals surface area (Å²) in [6.07, 6.45) is 3.43. The first-order chi connectivity index (χ1) is 12.3. The molecule has 1 aromatic carbocycles. The normalized spacial score (nSPS) is 20.0. The Kier molecular flexibility index (Phi) is 4.58. The summed E-state index contributed by atoms with van der Waals surface area (Å²) in [5.74, 6) is 0.602. The number of hydrogen-bond acceptors (Lipinski definition) is 6. The lowest BCUT2D eigenvalue weighted by Crippen LogP contribution is -2.24. The monoisotopic (exact) mass is 338 g/mol. The number of benzene rings is 1. The van der Waals surface area contributed by atoms with E-state index in [9.17, 15) is 4.79 Å². The summed E-state index contributed by atoms with van der Waals surface area (Å²) in [6, 6.07) is 11.8. The lowest BCUT2D eigenvalue weighted by Gasteiger charge is -2.15. The van der Waals surface area contributed by atoms with Crippen LogP contribution in [0.2, 0.25) is 0 Å². The van der Waals surface area contributed by atoms with Crippen LogP contribution in [-0.4, -0.2) is 35.7 Å². The lowest BCUT2D eigenvalue weighted by molar-refractivity contribution is 0.102. The lowest BCUT2D eigenvalue weighted by atomic mass is 10.1. The first kappa shape index (κ1) is 16.0. The number of amides is 1. The first-order valence-corrected chi connectivity index (χ1v) is 8.78. The predicted octanol–water partition coefficient (Wildman–Crippen LogP) is 1.87. The molecule has 3 heterocycles. The zero-order valence-corrected chi connectivity index (χ0v) is 14.0. The summed E-state index contributed by atoms with van der Waals surface area (Å²) < 4.78 is 0. The molecule has 25 heavy (non-hydrogen) atoms. The summed E-state index contributed by atoms with van der Waals surface area (Å²) in [7, 11) is 0. The van der Waals surface area contributed by atoms with Crippen LogP contribution in [0.4, 0.5) is 11.5 Å². The van der Waals surface area contributed by atoms with Crippen molar-refractivity contribution < 1.29 is 4.79 Å². The van der Waals surface area contributed by atoms with Gasteiger partial charge in [-0.3, -0.25) is 15.6 Å². The number of rotatable bonds is 4. The molecule has 1 unspecified atom stereocenters. The molecule has 0 radical (unpaired) electrons. The molecule has 2 saturated heterocycles. The van der Waals surface area contributed by atoms with Crippen LogP contribution in [0.5, 0.6) is 0 Å². The molecule has 2 aliphatic heterocycles. The minimum absolute atomic E-state index is 0.242. The Hall–Kier alpha value is -2.51. The first-order valence-electron chi connectivity index (χ1n) is 8.78. The van der Waals surface area contributed by atoms with E-state index in [1.165, 1.54) is 18.4 Å². The molecular formula is C18H22N6O. The average molecular weight is 338 g/mol. The maximum Gasteiger partial charge on any atom is 0.276 e. The van der Waals surface area contributed by atoms with Gasteiger partial charge in [-0.25, -0.2) is 0 Å². The highest BCUT2D eigenvalue weighted by Gasteiger charge is 2.17. The average Bonchev–Trinajstić information content (AvgIpc) is 3.36. The highest BCUT2D eigenvalue weighted by molar-refractivity contribution is 6.02. The molecule has 130 valence electrons. The molecule has 1 amide bonds. The van der Waals surface area contributed by atoms with Crippen LogP contribution in [0, 0.1) is 0 Å². The van der Waals surface area contributed by atoms with Crippen LogP contribution in [0.15, 0.2) is 36.4 Å². The Morgan fingerprint density at radius 3 is 2.52 bits per heavy atom. The van der Waals surface area contributed by atoms with Gasteiger partial charge in [0.05, 0.1) is 0 Å². The SMILES string of the molecule is O=C(Nc1ccc(C2CCNN2)cc1)c1ccc(N2CCCC2)nn1. The summed E-state index contributed by atoms with van der Waals surface area (Å²) in [5.41, 5.74) is 8.64. The minimum Gasteiger partial charge on any atom is -0.355 e. The van der Waals surface area contributed by atoms with Gasteiger partial charge in [0.2, 0.25) is 0 Å². The second kappa shape index (κ2) is 7.16. The van der Waals surface area contributed by atoms with Crippen molar-refractivity contribution in [2.24, 2.45) is 0 Å². The standard InChI is InChI=1S/C18H22N6O/c25-18(16-7-8-17(23-22-16)24-11-1-2-12-24)20-14-5-3-13(4-6-14)15-9-10-19-21-15/h3-8,15,19,21H,1-2,9-12H2,(H,20,25). The molecule has 0 saturated carbocycles. The zero-order valence-electron chi connectivity index (χ0n) is 14.0. The molecule has 0 spiro atoms. The maximum absolute atomic E-state index is 12.3. The molecule has 1 aromatic heterocycles. The molecule has 0 bridgehead atoms. The van der Waals surface area contributed by atoms with Gasteiger partial charge in [0, 0.05) is 31.4 Å². The van der Waals surface area contributed by atoms with Crippen molar-refractivity contribution in [3.8, 4) is 0 Å². The van der Waals surface area contributed by atoms with E-state index in [4.69, 9.17) is 0 Å². The number of nitrogens with one attached hydrogen (secondary N) is 3. The second-order valence-corrected chi connectivity index (χ2v) is 6.46. The molecule has 2 aliphatic rings. The fourth-order valence-corrected chi connectivity index (χ4v) is 3.29. The molecule has 1 atom stereocenters.